The van der Waals surface area contributed by atoms with Gasteiger partial charge >= 0.3 is 0 Å². The lowest BCUT2D eigenvalue weighted by molar-refractivity contribution is 0.480. The van der Waals surface area contributed by atoms with Crippen LogP contribution in [0.25, 0.3) is 0 Å². The van der Waals surface area contributed by atoms with Crippen LogP contribution in [0.4, 0.5) is 5.95 Å². The van der Waals surface area contributed by atoms with Crippen LogP contribution in [0.3, 0.4) is 0 Å². The molecule has 84 valence electrons. The summed E-state index contributed by atoms with van der Waals surface area (Å²) in [6, 6.07) is 0. The van der Waals surface area contributed by atoms with Crippen molar-refractivity contribution in [3.05, 3.63) is 18.0 Å². The van der Waals surface area contributed by atoms with E-state index in [1.54, 1.807) is 12.4 Å². The van der Waals surface area contributed by atoms with Gasteiger partial charge in [0.05, 0.1) is 5.54 Å². The average Bonchev–Trinajstić information content (AvgIpc) is 2.29. The first-order chi connectivity index (χ1) is 7.15. The van der Waals surface area contributed by atoms with E-state index in [-0.39, 0.29) is 5.54 Å². The summed E-state index contributed by atoms with van der Waals surface area (Å²) in [7, 11) is 0. The molecular weight excluding hydrogens is 210 g/mol. The minimum Gasteiger partial charge on any atom is -0.348 e. The maximum Gasteiger partial charge on any atom is 0.223 e. The molecule has 0 fully saturated rings. The van der Waals surface area contributed by atoms with Gasteiger partial charge in [-0.25, -0.2) is 9.97 Å². The predicted molar refractivity (Wildman–Crippen MR) is 64.4 cm³/mol. The second-order valence-corrected chi connectivity index (χ2v) is 4.10. The van der Waals surface area contributed by atoms with E-state index in [1.165, 1.54) is 0 Å². The molecule has 0 amide bonds. The summed E-state index contributed by atoms with van der Waals surface area (Å²) in [5, 5.41) is 3.31. The second kappa shape index (κ2) is 5.31. The first-order valence-corrected chi connectivity index (χ1v) is 5.82. The van der Waals surface area contributed by atoms with Crippen LogP contribution in [0.2, 0.25) is 0 Å². The number of aryl methyl sites for hydroxylation is 1. The molecule has 1 heterocycles. The third-order valence-corrected chi connectivity index (χ3v) is 3.28. The summed E-state index contributed by atoms with van der Waals surface area (Å²) < 4.78 is 0. The van der Waals surface area contributed by atoms with Crippen LogP contribution in [-0.2, 0) is 0 Å². The highest BCUT2D eigenvalue weighted by Crippen LogP contribution is 2.21. The van der Waals surface area contributed by atoms with E-state index in [1.807, 2.05) is 6.92 Å². The Balaban J connectivity index is 2.78. The monoisotopic (exact) mass is 227 g/mol. The molecule has 0 radical (unpaired) electrons. The van der Waals surface area contributed by atoms with Gasteiger partial charge in [0.15, 0.2) is 0 Å². The van der Waals surface area contributed by atoms with E-state index in [9.17, 15) is 0 Å². The summed E-state index contributed by atoms with van der Waals surface area (Å²) in [4.78, 5) is 8.45. The van der Waals surface area contributed by atoms with Gasteiger partial charge in [0.25, 0.3) is 0 Å². The molecule has 0 unspecified atom stereocenters. The normalized spacial score (nSPS) is 11.5. The minimum absolute atomic E-state index is 0.0865. The van der Waals surface area contributed by atoms with E-state index < -0.39 is 0 Å². The van der Waals surface area contributed by atoms with Crippen LogP contribution < -0.4 is 5.32 Å². The number of rotatable bonds is 5. The van der Waals surface area contributed by atoms with Gasteiger partial charge < -0.3 is 5.32 Å². The molecule has 3 nitrogen and oxygen atoms in total. The van der Waals surface area contributed by atoms with Crippen LogP contribution in [-0.4, -0.2) is 21.4 Å². The number of anilines is 1. The SMILES string of the molecule is CCC(CC)(CCl)Nc1ncc(C)cn1. The Morgan fingerprint density at radius 1 is 1.27 bits per heavy atom. The van der Waals surface area contributed by atoms with Crippen molar-refractivity contribution in [3.63, 3.8) is 0 Å². The standard InChI is InChI=1S/C11H18ClN3/c1-4-11(5-2,8-12)15-10-13-6-9(3)7-14-10/h6-7H,4-5,8H2,1-3H3,(H,13,14,15). The molecule has 0 saturated carbocycles. The van der Waals surface area contributed by atoms with Gasteiger partial charge in [-0.2, -0.15) is 0 Å². The zero-order chi connectivity index (χ0) is 11.3. The van der Waals surface area contributed by atoms with Crippen molar-refractivity contribution in [1.82, 2.24) is 9.97 Å². The Labute approximate surface area is 96.3 Å². The molecule has 0 atom stereocenters. The van der Waals surface area contributed by atoms with Gasteiger partial charge in [-0.1, -0.05) is 13.8 Å². The molecule has 0 aliphatic rings. The fourth-order valence-electron chi connectivity index (χ4n) is 1.34. The molecular formula is C11H18ClN3. The second-order valence-electron chi connectivity index (χ2n) is 3.83. The van der Waals surface area contributed by atoms with Crippen molar-refractivity contribution in [2.75, 3.05) is 11.2 Å². The van der Waals surface area contributed by atoms with Gasteiger partial charge in [-0.15, -0.1) is 11.6 Å². The number of hydrogen-bond acceptors (Lipinski definition) is 3. The minimum atomic E-state index is -0.0865. The molecule has 0 spiro atoms. The number of nitrogens with zero attached hydrogens (tertiary/aromatic N) is 2. The van der Waals surface area contributed by atoms with Gasteiger partial charge in [-0.3, -0.25) is 0 Å². The summed E-state index contributed by atoms with van der Waals surface area (Å²) in [6.07, 6.45) is 5.54. The highest BCUT2D eigenvalue weighted by molar-refractivity contribution is 6.18. The van der Waals surface area contributed by atoms with E-state index >= 15 is 0 Å². The van der Waals surface area contributed by atoms with Crippen molar-refractivity contribution in [3.8, 4) is 0 Å². The smallest absolute Gasteiger partial charge is 0.223 e. The van der Waals surface area contributed by atoms with Gasteiger partial charge in [0.2, 0.25) is 5.95 Å². The zero-order valence-corrected chi connectivity index (χ0v) is 10.3. The molecule has 1 rings (SSSR count). The van der Waals surface area contributed by atoms with E-state index in [0.717, 1.165) is 18.4 Å². The van der Waals surface area contributed by atoms with Crippen LogP contribution in [0.1, 0.15) is 32.3 Å². The Hall–Kier alpha value is -0.830. The number of nitrogens with one attached hydrogen (secondary N) is 1. The number of halogens is 1. The van der Waals surface area contributed by atoms with E-state index in [4.69, 9.17) is 11.6 Å². The van der Waals surface area contributed by atoms with Crippen molar-refractivity contribution in [2.45, 2.75) is 39.2 Å². The number of alkyl halides is 1. The molecule has 0 aromatic carbocycles. The van der Waals surface area contributed by atoms with Crippen molar-refractivity contribution in [1.29, 1.82) is 0 Å². The summed E-state index contributed by atoms with van der Waals surface area (Å²) in [6.45, 7) is 6.21. The first kappa shape index (κ1) is 12.2. The van der Waals surface area contributed by atoms with Crippen molar-refractivity contribution in [2.24, 2.45) is 0 Å². The van der Waals surface area contributed by atoms with Gasteiger partial charge in [0.1, 0.15) is 0 Å². The molecule has 15 heavy (non-hydrogen) atoms. The average molecular weight is 228 g/mol. The van der Waals surface area contributed by atoms with Crippen LogP contribution in [0.15, 0.2) is 12.4 Å². The zero-order valence-electron chi connectivity index (χ0n) is 9.55. The maximum atomic E-state index is 5.99. The molecule has 0 aliphatic carbocycles. The summed E-state index contributed by atoms with van der Waals surface area (Å²) >= 11 is 5.99. The molecule has 1 aromatic rings. The maximum absolute atomic E-state index is 5.99. The lowest BCUT2D eigenvalue weighted by Crippen LogP contribution is -2.39. The molecule has 0 aliphatic heterocycles. The molecule has 0 bridgehead atoms. The number of aromatic nitrogens is 2. The summed E-state index contributed by atoms with van der Waals surface area (Å²) in [5.74, 6) is 1.22. The topological polar surface area (TPSA) is 37.8 Å². The van der Waals surface area contributed by atoms with E-state index in [0.29, 0.717) is 11.8 Å². The quantitative estimate of drug-likeness (QED) is 0.786. The lowest BCUT2D eigenvalue weighted by atomic mass is 9.95. The highest BCUT2D eigenvalue weighted by Gasteiger charge is 2.25. The fourth-order valence-corrected chi connectivity index (χ4v) is 1.79. The highest BCUT2D eigenvalue weighted by atomic mass is 35.5. The van der Waals surface area contributed by atoms with Crippen molar-refractivity contribution >= 4 is 17.5 Å². The van der Waals surface area contributed by atoms with Gasteiger partial charge in [0, 0.05) is 18.3 Å². The Kier molecular flexibility index (Phi) is 4.33. The Bertz CT molecular complexity index is 285. The van der Waals surface area contributed by atoms with Crippen LogP contribution in [0, 0.1) is 6.92 Å². The number of hydrogen-bond donors (Lipinski definition) is 1. The van der Waals surface area contributed by atoms with Crippen molar-refractivity contribution < 1.29 is 0 Å². The first-order valence-electron chi connectivity index (χ1n) is 5.28. The molecule has 0 saturated heterocycles. The Morgan fingerprint density at radius 2 is 1.80 bits per heavy atom. The third kappa shape index (κ3) is 3.06. The summed E-state index contributed by atoms with van der Waals surface area (Å²) in [5.41, 5.74) is 0.974. The van der Waals surface area contributed by atoms with Crippen LogP contribution in [0.5, 0.6) is 0 Å². The van der Waals surface area contributed by atoms with Gasteiger partial charge in [-0.05, 0) is 25.3 Å². The fraction of sp³-hybridized carbons (Fsp3) is 0.636. The lowest BCUT2D eigenvalue weighted by Gasteiger charge is -2.30. The van der Waals surface area contributed by atoms with E-state index in [2.05, 4.69) is 29.1 Å². The largest absolute Gasteiger partial charge is 0.348 e. The molecule has 1 aromatic heterocycles. The predicted octanol–water partition coefficient (Wildman–Crippen LogP) is 2.99. The Morgan fingerprint density at radius 3 is 2.20 bits per heavy atom. The molecule has 4 heteroatoms. The third-order valence-electron chi connectivity index (χ3n) is 2.77. The molecule has 1 N–H and O–H groups in total. The van der Waals surface area contributed by atoms with Crippen LogP contribution >= 0.6 is 11.6 Å².